The standard InChI is InChI=1S/C14H12N2O3S/c1-19-14(18)11-7-20-13(16-11)12(17)9-6-15-10-5-3-2-4-8(9)10/h2-7,12,15,17H,1H3. The van der Waals surface area contributed by atoms with Crippen molar-refractivity contribution < 1.29 is 14.6 Å². The monoisotopic (exact) mass is 288 g/mol. The molecule has 0 aliphatic rings. The molecule has 1 atom stereocenters. The smallest absolute Gasteiger partial charge is 0.357 e. The van der Waals surface area contributed by atoms with Gasteiger partial charge in [-0.2, -0.15) is 0 Å². The number of esters is 1. The number of H-pyrrole nitrogens is 1. The van der Waals surface area contributed by atoms with Gasteiger partial charge in [-0.1, -0.05) is 18.2 Å². The number of para-hydroxylation sites is 1. The Morgan fingerprint density at radius 3 is 3.05 bits per heavy atom. The molecule has 3 rings (SSSR count). The Labute approximate surface area is 118 Å². The number of thiazole rings is 1. The van der Waals surface area contributed by atoms with Crippen LogP contribution < -0.4 is 0 Å². The summed E-state index contributed by atoms with van der Waals surface area (Å²) in [4.78, 5) is 18.6. The predicted octanol–water partition coefficient (Wildman–Crippen LogP) is 2.49. The number of aliphatic hydroxyl groups is 1. The lowest BCUT2D eigenvalue weighted by molar-refractivity contribution is 0.0594. The van der Waals surface area contributed by atoms with Crippen LogP contribution in [0.15, 0.2) is 35.8 Å². The Kier molecular flexibility index (Phi) is 3.25. The third-order valence-electron chi connectivity index (χ3n) is 3.07. The molecule has 0 saturated carbocycles. The van der Waals surface area contributed by atoms with E-state index in [4.69, 9.17) is 0 Å². The average Bonchev–Trinajstić information content (AvgIpc) is 3.12. The maximum atomic E-state index is 11.4. The molecule has 2 heterocycles. The fourth-order valence-electron chi connectivity index (χ4n) is 2.06. The van der Waals surface area contributed by atoms with Crippen molar-refractivity contribution >= 4 is 28.2 Å². The maximum absolute atomic E-state index is 11.4. The van der Waals surface area contributed by atoms with E-state index < -0.39 is 12.1 Å². The number of fused-ring (bicyclic) bond motifs is 1. The number of rotatable bonds is 3. The van der Waals surface area contributed by atoms with E-state index in [-0.39, 0.29) is 5.69 Å². The van der Waals surface area contributed by atoms with Crippen molar-refractivity contribution in [2.75, 3.05) is 7.11 Å². The summed E-state index contributed by atoms with van der Waals surface area (Å²) in [6.07, 6.45) is 0.892. The molecule has 0 bridgehead atoms. The molecule has 1 unspecified atom stereocenters. The van der Waals surface area contributed by atoms with E-state index in [2.05, 4.69) is 14.7 Å². The van der Waals surface area contributed by atoms with E-state index in [0.717, 1.165) is 16.5 Å². The summed E-state index contributed by atoms with van der Waals surface area (Å²) >= 11 is 1.23. The predicted molar refractivity (Wildman–Crippen MR) is 75.8 cm³/mol. The number of benzene rings is 1. The van der Waals surface area contributed by atoms with Gasteiger partial charge in [0.15, 0.2) is 5.69 Å². The fraction of sp³-hybridized carbons (Fsp3) is 0.143. The van der Waals surface area contributed by atoms with Crippen molar-refractivity contribution in [1.82, 2.24) is 9.97 Å². The van der Waals surface area contributed by atoms with E-state index in [1.54, 1.807) is 11.6 Å². The molecule has 2 N–H and O–H groups in total. The van der Waals surface area contributed by atoms with Crippen LogP contribution in [0.1, 0.15) is 27.2 Å². The minimum Gasteiger partial charge on any atom is -0.464 e. The number of nitrogens with one attached hydrogen (secondary N) is 1. The van der Waals surface area contributed by atoms with Gasteiger partial charge in [-0.25, -0.2) is 9.78 Å². The zero-order valence-corrected chi connectivity index (χ0v) is 11.5. The minimum absolute atomic E-state index is 0.214. The number of carbonyl (C=O) groups is 1. The highest BCUT2D eigenvalue weighted by atomic mass is 32.1. The molecular formula is C14H12N2O3S. The van der Waals surface area contributed by atoms with E-state index in [1.807, 2.05) is 24.3 Å². The zero-order valence-electron chi connectivity index (χ0n) is 10.7. The van der Waals surface area contributed by atoms with Gasteiger partial charge < -0.3 is 14.8 Å². The number of nitrogens with zero attached hydrogens (tertiary/aromatic N) is 1. The first-order chi connectivity index (χ1) is 9.70. The number of ether oxygens (including phenoxy) is 1. The highest BCUT2D eigenvalue weighted by molar-refractivity contribution is 7.09. The molecule has 3 aromatic rings. The number of aromatic amines is 1. The molecule has 20 heavy (non-hydrogen) atoms. The van der Waals surface area contributed by atoms with Crippen molar-refractivity contribution in [3.05, 3.63) is 52.1 Å². The van der Waals surface area contributed by atoms with Gasteiger partial charge >= 0.3 is 5.97 Å². The van der Waals surface area contributed by atoms with Crippen LogP contribution >= 0.6 is 11.3 Å². The SMILES string of the molecule is COC(=O)c1csc(C(O)c2c[nH]c3ccccc23)n1. The van der Waals surface area contributed by atoms with Crippen molar-refractivity contribution in [1.29, 1.82) is 0 Å². The summed E-state index contributed by atoms with van der Waals surface area (Å²) in [5, 5.41) is 13.4. The Hall–Kier alpha value is -2.18. The summed E-state index contributed by atoms with van der Waals surface area (Å²) in [7, 11) is 1.30. The second-order valence-electron chi connectivity index (χ2n) is 4.25. The molecule has 6 heteroatoms. The Morgan fingerprint density at radius 1 is 1.45 bits per heavy atom. The van der Waals surface area contributed by atoms with Gasteiger partial charge in [0.05, 0.1) is 7.11 Å². The van der Waals surface area contributed by atoms with E-state index >= 15 is 0 Å². The molecule has 0 saturated heterocycles. The summed E-state index contributed by atoms with van der Waals surface area (Å²) < 4.78 is 4.61. The number of hydrogen-bond acceptors (Lipinski definition) is 5. The van der Waals surface area contributed by atoms with E-state index in [9.17, 15) is 9.90 Å². The summed E-state index contributed by atoms with van der Waals surface area (Å²) in [5.41, 5.74) is 1.91. The van der Waals surface area contributed by atoms with Gasteiger partial charge in [-0.3, -0.25) is 0 Å². The molecule has 1 aromatic carbocycles. The largest absolute Gasteiger partial charge is 0.464 e. The normalized spacial score (nSPS) is 12.5. The number of carbonyl (C=O) groups excluding carboxylic acids is 1. The lowest BCUT2D eigenvalue weighted by Crippen LogP contribution is -2.03. The van der Waals surface area contributed by atoms with Gasteiger partial charge in [0.25, 0.3) is 0 Å². The molecule has 102 valence electrons. The molecule has 0 aliphatic heterocycles. The first-order valence-corrected chi connectivity index (χ1v) is 6.86. The van der Waals surface area contributed by atoms with Crippen LogP contribution in [0.2, 0.25) is 0 Å². The first-order valence-electron chi connectivity index (χ1n) is 5.98. The van der Waals surface area contributed by atoms with Crippen LogP contribution in [-0.4, -0.2) is 28.2 Å². The molecule has 0 aliphatic carbocycles. The molecule has 0 amide bonds. The molecule has 2 aromatic heterocycles. The number of aromatic nitrogens is 2. The van der Waals surface area contributed by atoms with Gasteiger partial charge in [0.1, 0.15) is 11.1 Å². The second-order valence-corrected chi connectivity index (χ2v) is 5.14. The quantitative estimate of drug-likeness (QED) is 0.726. The lowest BCUT2D eigenvalue weighted by atomic mass is 10.1. The second kappa shape index (κ2) is 5.07. The third kappa shape index (κ3) is 2.09. The maximum Gasteiger partial charge on any atom is 0.357 e. The van der Waals surface area contributed by atoms with Crippen molar-refractivity contribution in [2.45, 2.75) is 6.10 Å². The summed E-state index contributed by atoms with van der Waals surface area (Å²) in [6.45, 7) is 0. The zero-order chi connectivity index (χ0) is 14.1. The molecular weight excluding hydrogens is 276 g/mol. The Balaban J connectivity index is 1.98. The van der Waals surface area contributed by atoms with Crippen LogP contribution in [0, 0.1) is 0 Å². The van der Waals surface area contributed by atoms with Gasteiger partial charge in [0, 0.05) is 28.0 Å². The van der Waals surface area contributed by atoms with Crippen LogP contribution in [0.4, 0.5) is 0 Å². The van der Waals surface area contributed by atoms with E-state index in [0.29, 0.717) is 5.01 Å². The molecule has 5 nitrogen and oxygen atoms in total. The van der Waals surface area contributed by atoms with E-state index in [1.165, 1.54) is 18.4 Å². The Morgan fingerprint density at radius 2 is 2.25 bits per heavy atom. The number of methoxy groups -OCH3 is 1. The first kappa shape index (κ1) is 12.8. The van der Waals surface area contributed by atoms with Gasteiger partial charge in [-0.05, 0) is 6.07 Å². The number of hydrogen-bond donors (Lipinski definition) is 2. The van der Waals surface area contributed by atoms with Crippen LogP contribution in [0.25, 0.3) is 10.9 Å². The van der Waals surface area contributed by atoms with Crippen LogP contribution in [-0.2, 0) is 4.74 Å². The lowest BCUT2D eigenvalue weighted by Gasteiger charge is -2.05. The van der Waals surface area contributed by atoms with Gasteiger partial charge in [0.2, 0.25) is 0 Å². The fourth-order valence-corrected chi connectivity index (χ4v) is 2.85. The Bertz CT molecular complexity index is 762. The van der Waals surface area contributed by atoms with Gasteiger partial charge in [-0.15, -0.1) is 11.3 Å². The molecule has 0 radical (unpaired) electrons. The summed E-state index contributed by atoms with van der Waals surface area (Å²) in [5.74, 6) is -0.501. The highest BCUT2D eigenvalue weighted by Gasteiger charge is 2.20. The van der Waals surface area contributed by atoms with Crippen molar-refractivity contribution in [2.24, 2.45) is 0 Å². The molecule has 0 fully saturated rings. The highest BCUT2D eigenvalue weighted by Crippen LogP contribution is 2.30. The minimum atomic E-state index is -0.866. The molecule has 0 spiro atoms. The van der Waals surface area contributed by atoms with Crippen LogP contribution in [0.5, 0.6) is 0 Å². The van der Waals surface area contributed by atoms with Crippen molar-refractivity contribution in [3.8, 4) is 0 Å². The van der Waals surface area contributed by atoms with Crippen LogP contribution in [0.3, 0.4) is 0 Å². The average molecular weight is 288 g/mol. The van der Waals surface area contributed by atoms with Crippen molar-refractivity contribution in [3.63, 3.8) is 0 Å². The third-order valence-corrected chi connectivity index (χ3v) is 3.96. The summed E-state index contributed by atoms with van der Waals surface area (Å²) in [6, 6.07) is 7.70. The number of aliphatic hydroxyl groups excluding tert-OH is 1. The topological polar surface area (TPSA) is 75.2 Å².